The normalized spacial score (nSPS) is 18.4. The Labute approximate surface area is 127 Å². The smallest absolute Gasteiger partial charge is 0.217 e. The third-order valence-electron chi connectivity index (χ3n) is 4.22. The minimum Gasteiger partial charge on any atom is -0.351 e. The summed E-state index contributed by atoms with van der Waals surface area (Å²) in [7, 11) is 0. The van der Waals surface area contributed by atoms with Crippen molar-refractivity contribution < 1.29 is 4.79 Å². The van der Waals surface area contributed by atoms with E-state index in [9.17, 15) is 4.79 Å². The Morgan fingerprint density at radius 1 is 1.48 bits per heavy atom. The van der Waals surface area contributed by atoms with Gasteiger partial charge in [0.2, 0.25) is 5.91 Å². The number of carbonyl (C=O) groups is 1. The molecule has 2 rings (SSSR count). The van der Waals surface area contributed by atoms with Crippen molar-refractivity contribution in [2.24, 2.45) is 0 Å². The minimum atomic E-state index is -0.158. The highest BCUT2D eigenvalue weighted by molar-refractivity contribution is 5.73. The van der Waals surface area contributed by atoms with Crippen molar-refractivity contribution in [2.45, 2.75) is 65.6 Å². The van der Waals surface area contributed by atoms with Crippen LogP contribution in [0.1, 0.15) is 51.5 Å². The van der Waals surface area contributed by atoms with E-state index in [1.807, 2.05) is 6.92 Å². The number of likely N-dealkylation sites (tertiary alicyclic amines) is 1. The summed E-state index contributed by atoms with van der Waals surface area (Å²) in [5, 5.41) is 7.60. The van der Waals surface area contributed by atoms with Crippen LogP contribution in [-0.4, -0.2) is 45.3 Å². The maximum atomic E-state index is 11.2. The van der Waals surface area contributed by atoms with Crippen LogP contribution in [0.25, 0.3) is 0 Å². The van der Waals surface area contributed by atoms with Gasteiger partial charge in [0.15, 0.2) is 0 Å². The van der Waals surface area contributed by atoms with Crippen molar-refractivity contribution in [1.29, 1.82) is 0 Å². The zero-order valence-corrected chi connectivity index (χ0v) is 14.1. The van der Waals surface area contributed by atoms with E-state index in [1.165, 1.54) is 5.69 Å². The minimum absolute atomic E-state index is 0.0383. The first-order valence-electron chi connectivity index (χ1n) is 7.73. The van der Waals surface area contributed by atoms with Gasteiger partial charge in [-0.05, 0) is 47.1 Å². The van der Waals surface area contributed by atoms with Gasteiger partial charge in [-0.3, -0.25) is 14.4 Å². The highest BCUT2D eigenvalue weighted by Crippen LogP contribution is 2.27. The van der Waals surface area contributed by atoms with E-state index in [1.54, 1.807) is 6.92 Å². The lowest BCUT2D eigenvalue weighted by Crippen LogP contribution is -2.55. The lowest BCUT2D eigenvalue weighted by Gasteiger charge is -2.45. The van der Waals surface area contributed by atoms with Gasteiger partial charge in [-0.2, -0.15) is 5.10 Å². The van der Waals surface area contributed by atoms with Crippen LogP contribution in [0.5, 0.6) is 0 Å². The molecular formula is C16H28N4O. The van der Waals surface area contributed by atoms with Gasteiger partial charge in [0, 0.05) is 37.3 Å². The fourth-order valence-corrected chi connectivity index (χ4v) is 3.41. The molecule has 0 aliphatic carbocycles. The molecule has 21 heavy (non-hydrogen) atoms. The number of nitrogens with one attached hydrogen (secondary N) is 1. The molecule has 0 radical (unpaired) electrons. The van der Waals surface area contributed by atoms with Gasteiger partial charge >= 0.3 is 0 Å². The van der Waals surface area contributed by atoms with Crippen LogP contribution in [0.3, 0.4) is 0 Å². The van der Waals surface area contributed by atoms with Crippen LogP contribution in [0, 0.1) is 13.8 Å². The second kappa shape index (κ2) is 5.79. The molecule has 1 amide bonds. The molecule has 1 aliphatic heterocycles. The van der Waals surface area contributed by atoms with Gasteiger partial charge in [0.05, 0.1) is 11.7 Å². The van der Waals surface area contributed by atoms with Crippen molar-refractivity contribution in [3.05, 3.63) is 17.5 Å². The van der Waals surface area contributed by atoms with Crippen LogP contribution < -0.4 is 5.32 Å². The summed E-state index contributed by atoms with van der Waals surface area (Å²) < 4.78 is 2.15. The number of aromatic nitrogens is 2. The molecule has 1 saturated heterocycles. The van der Waals surface area contributed by atoms with Crippen molar-refractivity contribution >= 4 is 5.91 Å². The van der Waals surface area contributed by atoms with Crippen LogP contribution in [0.2, 0.25) is 0 Å². The second-order valence-electron chi connectivity index (χ2n) is 7.10. The third-order valence-corrected chi connectivity index (χ3v) is 4.22. The van der Waals surface area contributed by atoms with Crippen molar-refractivity contribution in [1.82, 2.24) is 20.0 Å². The number of rotatable bonds is 5. The number of hydrogen-bond donors (Lipinski definition) is 1. The molecule has 5 heteroatoms. The molecule has 1 fully saturated rings. The second-order valence-corrected chi connectivity index (χ2v) is 7.10. The van der Waals surface area contributed by atoms with E-state index in [2.05, 4.69) is 53.8 Å². The topological polar surface area (TPSA) is 50.2 Å². The molecule has 1 aliphatic rings. The Balaban J connectivity index is 1.86. The van der Waals surface area contributed by atoms with Crippen LogP contribution >= 0.6 is 0 Å². The first kappa shape index (κ1) is 16.0. The van der Waals surface area contributed by atoms with Crippen molar-refractivity contribution in [3.8, 4) is 0 Å². The van der Waals surface area contributed by atoms with Gasteiger partial charge in [-0.1, -0.05) is 0 Å². The van der Waals surface area contributed by atoms with E-state index in [0.29, 0.717) is 12.1 Å². The standard InChI is InChI=1S/C16H28N4O/c1-11-7-12(2)20(18-11)15-9-19(10-15)13(3)8-16(5,6)17-14(4)21/h7,13,15H,8-10H2,1-6H3,(H,17,21). The van der Waals surface area contributed by atoms with Crippen LogP contribution in [0.15, 0.2) is 6.07 Å². The van der Waals surface area contributed by atoms with E-state index in [4.69, 9.17) is 0 Å². The molecule has 2 heterocycles. The maximum absolute atomic E-state index is 11.2. The largest absolute Gasteiger partial charge is 0.351 e. The zero-order valence-electron chi connectivity index (χ0n) is 14.1. The van der Waals surface area contributed by atoms with Gasteiger partial charge in [-0.25, -0.2) is 0 Å². The number of carbonyl (C=O) groups excluding carboxylic acids is 1. The first-order chi connectivity index (χ1) is 9.68. The Morgan fingerprint density at radius 3 is 2.57 bits per heavy atom. The number of nitrogens with zero attached hydrogens (tertiary/aromatic N) is 3. The molecule has 1 unspecified atom stereocenters. The SMILES string of the molecule is CC(=O)NC(C)(C)CC(C)N1CC(n2nc(C)cc2C)C1. The molecule has 1 aromatic heterocycles. The molecular weight excluding hydrogens is 264 g/mol. The Kier molecular flexibility index (Phi) is 4.42. The van der Waals surface area contributed by atoms with Gasteiger partial charge in [0.1, 0.15) is 0 Å². The lowest BCUT2D eigenvalue weighted by atomic mass is 9.92. The van der Waals surface area contributed by atoms with Crippen LogP contribution in [0.4, 0.5) is 0 Å². The Hall–Kier alpha value is -1.36. The first-order valence-corrected chi connectivity index (χ1v) is 7.73. The average molecular weight is 292 g/mol. The molecule has 1 atom stereocenters. The molecule has 1 aromatic rings. The maximum Gasteiger partial charge on any atom is 0.217 e. The number of amides is 1. The summed E-state index contributed by atoms with van der Waals surface area (Å²) in [5.41, 5.74) is 2.17. The van der Waals surface area contributed by atoms with Gasteiger partial charge in [0.25, 0.3) is 0 Å². The number of hydrogen-bond acceptors (Lipinski definition) is 3. The van der Waals surface area contributed by atoms with Crippen molar-refractivity contribution in [3.63, 3.8) is 0 Å². The molecule has 0 bridgehead atoms. The summed E-state index contributed by atoms with van der Waals surface area (Å²) in [6, 6.07) is 3.08. The molecule has 5 nitrogen and oxygen atoms in total. The fourth-order valence-electron chi connectivity index (χ4n) is 3.41. The summed E-state index contributed by atoms with van der Waals surface area (Å²) in [6.45, 7) is 14.2. The van der Waals surface area contributed by atoms with E-state index in [0.717, 1.165) is 25.2 Å². The summed E-state index contributed by atoms with van der Waals surface area (Å²) in [5.74, 6) is 0.0383. The van der Waals surface area contributed by atoms with Crippen LogP contribution in [-0.2, 0) is 4.79 Å². The lowest BCUT2D eigenvalue weighted by molar-refractivity contribution is -0.120. The van der Waals surface area contributed by atoms with E-state index in [-0.39, 0.29) is 11.4 Å². The fraction of sp³-hybridized carbons (Fsp3) is 0.750. The molecule has 1 N–H and O–H groups in total. The van der Waals surface area contributed by atoms with Gasteiger partial charge in [-0.15, -0.1) is 0 Å². The monoisotopic (exact) mass is 292 g/mol. The predicted octanol–water partition coefficient (Wildman–Crippen LogP) is 2.05. The average Bonchev–Trinajstić information content (AvgIpc) is 2.52. The molecule has 0 aromatic carbocycles. The predicted molar refractivity (Wildman–Crippen MR) is 84.3 cm³/mol. The third kappa shape index (κ3) is 3.84. The van der Waals surface area contributed by atoms with E-state index < -0.39 is 0 Å². The van der Waals surface area contributed by atoms with E-state index >= 15 is 0 Å². The Bertz CT molecular complexity index is 514. The molecule has 0 saturated carbocycles. The van der Waals surface area contributed by atoms with Gasteiger partial charge < -0.3 is 5.32 Å². The quantitative estimate of drug-likeness (QED) is 0.903. The highest BCUT2D eigenvalue weighted by Gasteiger charge is 2.35. The molecule has 118 valence electrons. The Morgan fingerprint density at radius 2 is 2.10 bits per heavy atom. The summed E-state index contributed by atoms with van der Waals surface area (Å²) >= 11 is 0. The molecule has 0 spiro atoms. The summed E-state index contributed by atoms with van der Waals surface area (Å²) in [6.07, 6.45) is 0.955. The number of aryl methyl sites for hydroxylation is 2. The zero-order chi connectivity index (χ0) is 15.8. The van der Waals surface area contributed by atoms with Crippen molar-refractivity contribution in [2.75, 3.05) is 13.1 Å². The summed E-state index contributed by atoms with van der Waals surface area (Å²) in [4.78, 5) is 13.7. The highest BCUT2D eigenvalue weighted by atomic mass is 16.1.